The van der Waals surface area contributed by atoms with Crippen molar-refractivity contribution in [3.8, 4) is 0 Å². The molecule has 0 N–H and O–H groups in total. The molecule has 0 saturated carbocycles. The first-order valence-corrected chi connectivity index (χ1v) is 6.30. The van der Waals surface area contributed by atoms with Crippen LogP contribution in [0.4, 0.5) is 0 Å². The van der Waals surface area contributed by atoms with Crippen molar-refractivity contribution in [1.29, 1.82) is 0 Å². The largest absolute Gasteiger partial charge is 0.297 e. The summed E-state index contributed by atoms with van der Waals surface area (Å²) < 4.78 is 0. The Labute approximate surface area is 111 Å². The van der Waals surface area contributed by atoms with Crippen molar-refractivity contribution in [3.63, 3.8) is 0 Å². The summed E-state index contributed by atoms with van der Waals surface area (Å²) in [6.45, 7) is 0. The van der Waals surface area contributed by atoms with Gasteiger partial charge < -0.3 is 0 Å². The second-order valence-corrected chi connectivity index (χ2v) is 5.32. The van der Waals surface area contributed by atoms with Crippen LogP contribution in [0.2, 0.25) is 5.02 Å². The summed E-state index contributed by atoms with van der Waals surface area (Å²) in [7, 11) is 0. The number of carbonyl (C=O) groups is 3. The first-order valence-electron chi connectivity index (χ1n) is 5.10. The number of halogens is 1. The molecule has 1 aromatic heterocycles. The lowest BCUT2D eigenvalue weighted by Crippen LogP contribution is -2.18. The molecule has 0 atom stereocenters. The van der Waals surface area contributed by atoms with E-state index < -0.39 is 0 Å². The maximum Gasteiger partial charge on any atom is 0.205 e. The highest BCUT2D eigenvalue weighted by molar-refractivity contribution is 7.16. The molecule has 5 heteroatoms. The monoisotopic (exact) mass is 276 g/mol. The van der Waals surface area contributed by atoms with Gasteiger partial charge in [-0.1, -0.05) is 23.7 Å². The maximum absolute atomic E-state index is 12.3. The van der Waals surface area contributed by atoms with Crippen LogP contribution < -0.4 is 0 Å². The zero-order valence-electron chi connectivity index (χ0n) is 8.90. The minimum atomic E-state index is -0.289. The molecule has 88 valence electrons. The summed E-state index contributed by atoms with van der Waals surface area (Å²) in [5.41, 5.74) is 0.827. The van der Waals surface area contributed by atoms with Crippen LogP contribution in [0.15, 0.2) is 24.3 Å². The fraction of sp³-hybridized carbons (Fsp3) is 0. The van der Waals surface area contributed by atoms with Crippen LogP contribution in [-0.2, 0) is 0 Å². The number of carbonyl (C=O) groups excluding carboxylic acids is 3. The number of thiophene rings is 1. The standard InChI is InChI=1S/C13H5ClO3S/c14-9-3-1-2-7-10(9)12(17)13-8(11(7)16)4-6(5-15)18-13/h1-5H. The van der Waals surface area contributed by atoms with Gasteiger partial charge in [-0.15, -0.1) is 11.3 Å². The van der Waals surface area contributed by atoms with E-state index in [9.17, 15) is 14.4 Å². The Kier molecular flexibility index (Phi) is 2.43. The van der Waals surface area contributed by atoms with E-state index in [2.05, 4.69) is 0 Å². The van der Waals surface area contributed by atoms with Gasteiger partial charge in [0.15, 0.2) is 12.1 Å². The van der Waals surface area contributed by atoms with Crippen LogP contribution >= 0.6 is 22.9 Å². The zero-order valence-corrected chi connectivity index (χ0v) is 10.5. The van der Waals surface area contributed by atoms with Gasteiger partial charge in [0.1, 0.15) is 0 Å². The summed E-state index contributed by atoms with van der Waals surface area (Å²) in [6, 6.07) is 6.23. The summed E-state index contributed by atoms with van der Waals surface area (Å²) >= 11 is 6.99. The first kappa shape index (κ1) is 11.3. The number of benzene rings is 1. The minimum Gasteiger partial charge on any atom is -0.297 e. The molecule has 3 nitrogen and oxygen atoms in total. The average molecular weight is 277 g/mol. The Balaban J connectivity index is 2.33. The van der Waals surface area contributed by atoms with E-state index in [0.717, 1.165) is 11.3 Å². The second-order valence-electron chi connectivity index (χ2n) is 3.83. The van der Waals surface area contributed by atoms with Crippen LogP contribution in [0.5, 0.6) is 0 Å². The van der Waals surface area contributed by atoms with E-state index in [1.54, 1.807) is 18.2 Å². The van der Waals surface area contributed by atoms with Crippen LogP contribution in [-0.4, -0.2) is 17.9 Å². The molecule has 3 rings (SSSR count). The van der Waals surface area contributed by atoms with Crippen molar-refractivity contribution in [2.45, 2.75) is 0 Å². The van der Waals surface area contributed by atoms with E-state index in [1.807, 2.05) is 0 Å². The third kappa shape index (κ3) is 1.39. The summed E-state index contributed by atoms with van der Waals surface area (Å²) in [6.07, 6.45) is 0.635. The lowest BCUT2D eigenvalue weighted by molar-refractivity contribution is 0.0982. The molecule has 1 heterocycles. The molecule has 0 saturated heterocycles. The van der Waals surface area contributed by atoms with E-state index in [1.165, 1.54) is 6.07 Å². The van der Waals surface area contributed by atoms with Crippen LogP contribution in [0, 0.1) is 0 Å². The number of rotatable bonds is 1. The highest BCUT2D eigenvalue weighted by atomic mass is 35.5. The predicted molar refractivity (Wildman–Crippen MR) is 68.0 cm³/mol. The molecule has 1 aromatic carbocycles. The van der Waals surface area contributed by atoms with Crippen LogP contribution in [0.1, 0.15) is 40.8 Å². The first-order chi connectivity index (χ1) is 8.63. The Bertz CT molecular complexity index is 715. The summed E-state index contributed by atoms with van der Waals surface area (Å²) in [5, 5.41) is 0.262. The van der Waals surface area contributed by atoms with Crippen molar-refractivity contribution in [2.24, 2.45) is 0 Å². The third-order valence-corrected chi connectivity index (χ3v) is 4.18. The van der Waals surface area contributed by atoms with Gasteiger partial charge >= 0.3 is 0 Å². The number of ketones is 2. The lowest BCUT2D eigenvalue weighted by Gasteiger charge is -2.14. The molecule has 1 aliphatic rings. The summed E-state index contributed by atoms with van der Waals surface area (Å²) in [4.78, 5) is 35.9. The Morgan fingerprint density at radius 3 is 2.61 bits per heavy atom. The van der Waals surface area contributed by atoms with E-state index in [0.29, 0.717) is 27.2 Å². The SMILES string of the molecule is O=Cc1cc2c(s1)C(=O)c1c(Cl)cccc1C2=O. The van der Waals surface area contributed by atoms with Crippen LogP contribution in [0.25, 0.3) is 0 Å². The second kappa shape index (κ2) is 3.86. The molecule has 0 unspecified atom stereocenters. The van der Waals surface area contributed by atoms with Gasteiger partial charge in [0.05, 0.1) is 20.3 Å². The number of hydrogen-bond acceptors (Lipinski definition) is 4. The molecule has 0 spiro atoms. The van der Waals surface area contributed by atoms with Gasteiger partial charge in [0, 0.05) is 11.1 Å². The van der Waals surface area contributed by atoms with Crippen molar-refractivity contribution >= 4 is 40.8 Å². The molecular weight excluding hydrogens is 272 g/mol. The van der Waals surface area contributed by atoms with E-state index in [-0.39, 0.29) is 22.2 Å². The van der Waals surface area contributed by atoms with E-state index >= 15 is 0 Å². The molecule has 2 aromatic rings. The Hall–Kier alpha value is -1.78. The molecule has 0 aliphatic heterocycles. The average Bonchev–Trinajstić information content (AvgIpc) is 2.80. The van der Waals surface area contributed by atoms with Crippen molar-refractivity contribution < 1.29 is 14.4 Å². The van der Waals surface area contributed by atoms with Gasteiger partial charge in [-0.05, 0) is 12.1 Å². The topological polar surface area (TPSA) is 51.2 Å². The fourth-order valence-corrected chi connectivity index (χ4v) is 3.19. The molecule has 0 radical (unpaired) electrons. The molecule has 0 amide bonds. The highest BCUT2D eigenvalue weighted by Crippen LogP contribution is 2.35. The summed E-state index contributed by atoms with van der Waals surface area (Å²) in [5.74, 6) is -0.547. The predicted octanol–water partition coefficient (Wildman–Crippen LogP) is 2.99. The highest BCUT2D eigenvalue weighted by Gasteiger charge is 2.33. The molecule has 0 bridgehead atoms. The quantitative estimate of drug-likeness (QED) is 0.642. The number of fused-ring (bicyclic) bond motifs is 2. The van der Waals surface area contributed by atoms with Gasteiger partial charge in [-0.3, -0.25) is 14.4 Å². The van der Waals surface area contributed by atoms with Gasteiger partial charge in [0.25, 0.3) is 0 Å². The smallest absolute Gasteiger partial charge is 0.205 e. The maximum atomic E-state index is 12.3. The van der Waals surface area contributed by atoms with E-state index in [4.69, 9.17) is 11.6 Å². The van der Waals surface area contributed by atoms with Gasteiger partial charge in [0.2, 0.25) is 5.78 Å². The van der Waals surface area contributed by atoms with Gasteiger partial charge in [-0.2, -0.15) is 0 Å². The number of hydrogen-bond donors (Lipinski definition) is 0. The van der Waals surface area contributed by atoms with Crippen molar-refractivity contribution in [3.05, 3.63) is 55.7 Å². The molecule has 18 heavy (non-hydrogen) atoms. The van der Waals surface area contributed by atoms with Crippen molar-refractivity contribution in [2.75, 3.05) is 0 Å². The molecular formula is C13H5ClO3S. The fourth-order valence-electron chi connectivity index (χ4n) is 2.01. The normalized spacial score (nSPS) is 13.2. The molecule has 0 fully saturated rings. The number of aldehydes is 1. The Morgan fingerprint density at radius 1 is 1.11 bits per heavy atom. The van der Waals surface area contributed by atoms with Crippen LogP contribution in [0.3, 0.4) is 0 Å². The lowest BCUT2D eigenvalue weighted by atomic mass is 9.89. The Morgan fingerprint density at radius 2 is 1.89 bits per heavy atom. The zero-order chi connectivity index (χ0) is 12.9. The molecule has 1 aliphatic carbocycles. The van der Waals surface area contributed by atoms with Crippen molar-refractivity contribution in [1.82, 2.24) is 0 Å². The minimum absolute atomic E-state index is 0.232. The van der Waals surface area contributed by atoms with Gasteiger partial charge in [-0.25, -0.2) is 0 Å². The third-order valence-electron chi connectivity index (χ3n) is 2.80.